The van der Waals surface area contributed by atoms with E-state index in [9.17, 15) is 18.8 Å². The maximum absolute atomic E-state index is 14.6. The Bertz CT molecular complexity index is 1690. The van der Waals surface area contributed by atoms with Gasteiger partial charge in [0, 0.05) is 34.0 Å². The Labute approximate surface area is 271 Å². The third-order valence-electron chi connectivity index (χ3n) is 8.64. The summed E-state index contributed by atoms with van der Waals surface area (Å²) in [6.45, 7) is 0.122. The van der Waals surface area contributed by atoms with Crippen LogP contribution in [0.3, 0.4) is 0 Å². The summed E-state index contributed by atoms with van der Waals surface area (Å²) in [5.41, 5.74) is 2.54. The Morgan fingerprint density at radius 3 is 1.98 bits per heavy atom. The highest BCUT2D eigenvalue weighted by atomic mass is 35.5. The molecule has 1 N–H and O–H groups in total. The van der Waals surface area contributed by atoms with Crippen LogP contribution in [-0.4, -0.2) is 35.6 Å². The molecule has 4 aromatic rings. The minimum atomic E-state index is -1.02. The van der Waals surface area contributed by atoms with E-state index < -0.39 is 29.8 Å². The second kappa shape index (κ2) is 13.0. The number of Topliss-reactive ketones (excluding diaryl/α,β-unsaturated/α-hetero) is 1. The average molecular weight is 646 g/mol. The minimum absolute atomic E-state index is 0.122. The largest absolute Gasteiger partial charge is 0.497 e. The van der Waals surface area contributed by atoms with Gasteiger partial charge < -0.3 is 15.0 Å². The van der Waals surface area contributed by atoms with E-state index in [1.807, 2.05) is 24.3 Å². The summed E-state index contributed by atoms with van der Waals surface area (Å²) >= 11 is 12.4. The van der Waals surface area contributed by atoms with Crippen molar-refractivity contribution in [1.82, 2.24) is 10.2 Å². The molecular formula is C36H31Cl2FN2O4. The molecule has 4 unspecified atom stereocenters. The van der Waals surface area contributed by atoms with E-state index in [1.54, 1.807) is 72.7 Å². The molecular weight excluding hydrogens is 614 g/mol. The van der Waals surface area contributed by atoms with Crippen molar-refractivity contribution in [2.24, 2.45) is 11.8 Å². The average Bonchev–Trinajstić information content (AvgIpc) is 3.85. The molecule has 0 radical (unpaired) electrons. The van der Waals surface area contributed by atoms with Gasteiger partial charge in [-0.15, -0.1) is 0 Å². The Kier molecular flexibility index (Phi) is 8.92. The number of methoxy groups -OCH3 is 1. The van der Waals surface area contributed by atoms with Gasteiger partial charge in [-0.3, -0.25) is 14.4 Å². The molecule has 4 aromatic carbocycles. The lowest BCUT2D eigenvalue weighted by Gasteiger charge is -2.32. The maximum atomic E-state index is 14.6. The molecule has 0 bridgehead atoms. The molecule has 1 aliphatic heterocycles. The summed E-state index contributed by atoms with van der Waals surface area (Å²) in [7, 11) is 1.57. The van der Waals surface area contributed by atoms with Gasteiger partial charge in [0.1, 0.15) is 17.6 Å². The van der Waals surface area contributed by atoms with Crippen molar-refractivity contribution in [3.63, 3.8) is 0 Å². The number of carbonyl (C=O) groups excluding carboxylic acids is 3. The van der Waals surface area contributed by atoms with Gasteiger partial charge in [0.25, 0.3) is 0 Å². The summed E-state index contributed by atoms with van der Waals surface area (Å²) in [6, 6.07) is 25.1. The van der Waals surface area contributed by atoms with Crippen LogP contribution >= 0.6 is 23.2 Å². The third-order valence-corrected chi connectivity index (χ3v) is 9.14. The molecule has 0 aromatic heterocycles. The molecule has 45 heavy (non-hydrogen) atoms. The van der Waals surface area contributed by atoms with Gasteiger partial charge in [-0.1, -0.05) is 59.6 Å². The molecule has 1 aliphatic carbocycles. The lowest BCUT2D eigenvalue weighted by atomic mass is 9.76. The normalized spacial score (nSPS) is 20.9. The molecule has 6 nitrogen and oxygen atoms in total. The second-order valence-electron chi connectivity index (χ2n) is 11.5. The van der Waals surface area contributed by atoms with Gasteiger partial charge in [0.15, 0.2) is 5.78 Å². The molecule has 2 amide bonds. The van der Waals surface area contributed by atoms with E-state index in [4.69, 9.17) is 27.9 Å². The molecule has 0 spiro atoms. The van der Waals surface area contributed by atoms with E-state index in [1.165, 1.54) is 12.1 Å². The molecule has 2 fully saturated rings. The molecule has 1 saturated carbocycles. The minimum Gasteiger partial charge on any atom is -0.497 e. The number of rotatable bonds is 9. The van der Waals surface area contributed by atoms with Crippen LogP contribution in [0, 0.1) is 17.7 Å². The van der Waals surface area contributed by atoms with Crippen LogP contribution in [0.15, 0.2) is 97.1 Å². The van der Waals surface area contributed by atoms with Gasteiger partial charge in [-0.2, -0.15) is 0 Å². The summed E-state index contributed by atoms with van der Waals surface area (Å²) in [5, 5.41) is 3.98. The molecule has 1 saturated heterocycles. The Morgan fingerprint density at radius 2 is 1.40 bits per heavy atom. The number of hydrogen-bond donors (Lipinski definition) is 1. The maximum Gasteiger partial charge on any atom is 0.243 e. The van der Waals surface area contributed by atoms with E-state index in [2.05, 4.69) is 5.32 Å². The van der Waals surface area contributed by atoms with Crippen LogP contribution in [0.25, 0.3) is 0 Å². The number of amides is 2. The quantitative estimate of drug-likeness (QED) is 0.193. The number of halogens is 3. The van der Waals surface area contributed by atoms with Crippen LogP contribution < -0.4 is 10.1 Å². The fourth-order valence-corrected chi connectivity index (χ4v) is 6.52. The van der Waals surface area contributed by atoms with Crippen LogP contribution in [0.2, 0.25) is 10.0 Å². The van der Waals surface area contributed by atoms with E-state index in [-0.39, 0.29) is 30.0 Å². The van der Waals surface area contributed by atoms with Gasteiger partial charge in [0.05, 0.1) is 19.1 Å². The van der Waals surface area contributed by atoms with E-state index in [0.717, 1.165) is 12.8 Å². The van der Waals surface area contributed by atoms with Crippen LogP contribution in [0.5, 0.6) is 5.75 Å². The fraction of sp³-hybridized carbons (Fsp3) is 0.250. The first kappa shape index (κ1) is 30.8. The lowest BCUT2D eigenvalue weighted by Crippen LogP contribution is -2.49. The summed E-state index contributed by atoms with van der Waals surface area (Å²) in [4.78, 5) is 44.9. The molecule has 230 valence electrons. The second-order valence-corrected chi connectivity index (χ2v) is 12.4. The summed E-state index contributed by atoms with van der Waals surface area (Å²) in [6.07, 6.45) is 1.44. The number of ketones is 1. The highest BCUT2D eigenvalue weighted by molar-refractivity contribution is 6.31. The number of ether oxygens (including phenoxy) is 1. The van der Waals surface area contributed by atoms with E-state index in [0.29, 0.717) is 38.0 Å². The van der Waals surface area contributed by atoms with Gasteiger partial charge in [-0.25, -0.2) is 4.39 Å². The Hall–Kier alpha value is -4.20. The first-order valence-corrected chi connectivity index (χ1v) is 15.5. The van der Waals surface area contributed by atoms with Gasteiger partial charge in [-0.05, 0) is 90.2 Å². The Balaban J connectivity index is 1.51. The van der Waals surface area contributed by atoms with Crippen LogP contribution in [0.1, 0.15) is 51.8 Å². The number of nitrogens with zero attached hydrogens (tertiary/aromatic N) is 1. The van der Waals surface area contributed by atoms with Crippen molar-refractivity contribution < 1.29 is 23.5 Å². The van der Waals surface area contributed by atoms with Gasteiger partial charge >= 0.3 is 0 Å². The number of likely N-dealkylation sites (tertiary alicyclic amines) is 1. The van der Waals surface area contributed by atoms with Crippen molar-refractivity contribution in [2.45, 2.75) is 37.4 Å². The molecule has 9 heteroatoms. The molecule has 1 heterocycles. The Morgan fingerprint density at radius 1 is 0.822 bits per heavy atom. The lowest BCUT2D eigenvalue weighted by molar-refractivity contribution is -0.142. The van der Waals surface area contributed by atoms with Crippen molar-refractivity contribution in [3.8, 4) is 5.75 Å². The smallest absolute Gasteiger partial charge is 0.243 e. The zero-order chi connectivity index (χ0) is 31.7. The first-order chi connectivity index (χ1) is 21.7. The first-order valence-electron chi connectivity index (χ1n) is 14.8. The number of nitrogens with one attached hydrogen (secondary N) is 1. The monoisotopic (exact) mass is 644 g/mol. The van der Waals surface area contributed by atoms with Crippen LogP contribution in [-0.2, 0) is 16.1 Å². The molecule has 6 rings (SSSR count). The van der Waals surface area contributed by atoms with Crippen LogP contribution in [0.4, 0.5) is 4.39 Å². The van der Waals surface area contributed by atoms with Crippen molar-refractivity contribution in [1.29, 1.82) is 0 Å². The van der Waals surface area contributed by atoms with Crippen molar-refractivity contribution in [3.05, 3.63) is 135 Å². The zero-order valence-electron chi connectivity index (χ0n) is 24.5. The van der Waals surface area contributed by atoms with Crippen molar-refractivity contribution >= 4 is 40.8 Å². The standard InChI is InChI=1S/C36H31Cl2FN2O4/c1-45-29-18-10-23(11-19-29)32-31(34(42)24-8-14-27(38)15-9-24)30(22-6-12-26(37)13-7-22)33(41(32)36(44)25-4-5-25)35(43)40-20-21-2-16-28(39)17-3-21/h2-3,6-19,25,30-33H,4-5,20H2,1H3,(H,40,43). The fourth-order valence-electron chi connectivity index (χ4n) is 6.27. The summed E-state index contributed by atoms with van der Waals surface area (Å²) < 4.78 is 19.0. The number of carbonyl (C=O) groups is 3. The predicted octanol–water partition coefficient (Wildman–Crippen LogP) is 7.40. The highest BCUT2D eigenvalue weighted by Gasteiger charge is 2.58. The van der Waals surface area contributed by atoms with Gasteiger partial charge in [0.2, 0.25) is 11.8 Å². The zero-order valence-corrected chi connectivity index (χ0v) is 26.0. The summed E-state index contributed by atoms with van der Waals surface area (Å²) in [5.74, 6) is -2.31. The molecule has 4 atom stereocenters. The number of hydrogen-bond acceptors (Lipinski definition) is 4. The molecule has 2 aliphatic rings. The van der Waals surface area contributed by atoms with E-state index >= 15 is 0 Å². The highest BCUT2D eigenvalue weighted by Crippen LogP contribution is 2.53. The SMILES string of the molecule is COc1ccc(C2C(C(=O)c3ccc(Cl)cc3)C(c3ccc(Cl)cc3)C(C(=O)NCc3ccc(F)cc3)N2C(=O)C2CC2)cc1. The van der Waals surface area contributed by atoms with Crippen molar-refractivity contribution in [2.75, 3.05) is 7.11 Å². The third kappa shape index (κ3) is 6.46. The number of benzene rings is 4. The topological polar surface area (TPSA) is 75.7 Å². The predicted molar refractivity (Wildman–Crippen MR) is 171 cm³/mol.